The molecule has 0 fully saturated rings. The minimum atomic E-state index is 0.0953. The molecule has 0 aliphatic heterocycles. The summed E-state index contributed by atoms with van der Waals surface area (Å²) in [5.41, 5.74) is 1.33. The van der Waals surface area contributed by atoms with Gasteiger partial charge in [-0.05, 0) is 37.5 Å². The molecule has 94 valence electrons. The van der Waals surface area contributed by atoms with Crippen molar-refractivity contribution in [3.63, 3.8) is 0 Å². The summed E-state index contributed by atoms with van der Waals surface area (Å²) in [7, 11) is 0. The number of hydrogen-bond donors (Lipinski definition) is 1. The number of amides is 1. The van der Waals surface area contributed by atoms with Gasteiger partial charge in [-0.3, -0.25) is 4.79 Å². The Morgan fingerprint density at radius 3 is 2.24 bits per heavy atom. The average molecular weight is 251 g/mol. The van der Waals surface area contributed by atoms with Gasteiger partial charge in [0.15, 0.2) is 0 Å². The lowest BCUT2D eigenvalue weighted by Crippen LogP contribution is -2.31. The van der Waals surface area contributed by atoms with E-state index in [1.54, 1.807) is 11.8 Å². The van der Waals surface area contributed by atoms with Crippen LogP contribution in [-0.4, -0.2) is 17.7 Å². The predicted octanol–water partition coefficient (Wildman–Crippen LogP) is 3.43. The van der Waals surface area contributed by atoms with Crippen molar-refractivity contribution >= 4 is 17.7 Å². The molecule has 0 saturated carbocycles. The van der Waals surface area contributed by atoms with Crippen molar-refractivity contribution in [2.24, 2.45) is 0 Å². The molecule has 1 amide bonds. The molecule has 0 aromatic heterocycles. The van der Waals surface area contributed by atoms with Crippen molar-refractivity contribution in [1.29, 1.82) is 0 Å². The summed E-state index contributed by atoms with van der Waals surface area (Å²) >= 11 is 1.58. The largest absolute Gasteiger partial charge is 0.353 e. The molecule has 0 aliphatic carbocycles. The Balaban J connectivity index is 2.44. The van der Waals surface area contributed by atoms with Crippen LogP contribution in [0.5, 0.6) is 0 Å². The van der Waals surface area contributed by atoms with Gasteiger partial charge in [0.05, 0.1) is 5.75 Å². The maximum absolute atomic E-state index is 11.5. The van der Waals surface area contributed by atoms with E-state index in [1.807, 2.05) is 13.8 Å². The van der Waals surface area contributed by atoms with Gasteiger partial charge in [-0.15, -0.1) is 11.8 Å². The molecule has 0 unspecified atom stereocenters. The van der Waals surface area contributed by atoms with Crippen molar-refractivity contribution in [2.45, 2.75) is 44.6 Å². The van der Waals surface area contributed by atoms with E-state index in [2.05, 4.69) is 43.4 Å². The minimum Gasteiger partial charge on any atom is -0.353 e. The highest BCUT2D eigenvalue weighted by molar-refractivity contribution is 8.00. The van der Waals surface area contributed by atoms with Crippen LogP contribution in [-0.2, 0) is 4.79 Å². The summed E-state index contributed by atoms with van der Waals surface area (Å²) < 4.78 is 0. The zero-order valence-electron chi connectivity index (χ0n) is 11.0. The molecule has 1 rings (SSSR count). The Hall–Kier alpha value is -0.960. The van der Waals surface area contributed by atoms with E-state index in [1.165, 1.54) is 5.56 Å². The van der Waals surface area contributed by atoms with E-state index in [9.17, 15) is 4.79 Å². The SMILES string of the molecule is CC(C)NC(=O)CSc1ccc(C(C)C)cc1. The fourth-order valence-electron chi connectivity index (χ4n) is 1.46. The smallest absolute Gasteiger partial charge is 0.230 e. The number of hydrogen-bond acceptors (Lipinski definition) is 2. The second-order valence-electron chi connectivity index (χ2n) is 4.73. The summed E-state index contributed by atoms with van der Waals surface area (Å²) in [6.07, 6.45) is 0. The van der Waals surface area contributed by atoms with Crippen LogP contribution in [0.15, 0.2) is 29.2 Å². The molecule has 1 aromatic rings. The van der Waals surface area contributed by atoms with Gasteiger partial charge < -0.3 is 5.32 Å². The predicted molar refractivity (Wildman–Crippen MR) is 74.5 cm³/mol. The van der Waals surface area contributed by atoms with Crippen molar-refractivity contribution in [3.05, 3.63) is 29.8 Å². The summed E-state index contributed by atoms with van der Waals surface area (Å²) in [6.45, 7) is 8.30. The zero-order valence-corrected chi connectivity index (χ0v) is 11.8. The summed E-state index contributed by atoms with van der Waals surface area (Å²) in [6, 6.07) is 8.65. The topological polar surface area (TPSA) is 29.1 Å². The zero-order chi connectivity index (χ0) is 12.8. The number of thioether (sulfide) groups is 1. The van der Waals surface area contributed by atoms with Crippen LogP contribution in [0.4, 0.5) is 0 Å². The first-order valence-electron chi connectivity index (χ1n) is 6.01. The summed E-state index contributed by atoms with van der Waals surface area (Å²) in [4.78, 5) is 12.6. The number of nitrogens with one attached hydrogen (secondary N) is 1. The van der Waals surface area contributed by atoms with Gasteiger partial charge >= 0.3 is 0 Å². The highest BCUT2D eigenvalue weighted by atomic mass is 32.2. The highest BCUT2D eigenvalue weighted by Crippen LogP contribution is 2.21. The van der Waals surface area contributed by atoms with Crippen LogP contribution in [0.1, 0.15) is 39.2 Å². The van der Waals surface area contributed by atoms with Crippen LogP contribution in [0.3, 0.4) is 0 Å². The maximum atomic E-state index is 11.5. The molecule has 1 N–H and O–H groups in total. The fraction of sp³-hybridized carbons (Fsp3) is 0.500. The molecule has 3 heteroatoms. The molecule has 0 bridgehead atoms. The van der Waals surface area contributed by atoms with Crippen LogP contribution in [0.25, 0.3) is 0 Å². The third-order valence-corrected chi connectivity index (χ3v) is 3.38. The second kappa shape index (κ2) is 6.70. The van der Waals surface area contributed by atoms with Crippen molar-refractivity contribution in [3.8, 4) is 0 Å². The molecule has 0 spiro atoms. The van der Waals surface area contributed by atoms with Crippen molar-refractivity contribution < 1.29 is 4.79 Å². The monoisotopic (exact) mass is 251 g/mol. The normalized spacial score (nSPS) is 10.9. The minimum absolute atomic E-state index is 0.0953. The Kier molecular flexibility index (Phi) is 5.56. The van der Waals surface area contributed by atoms with E-state index >= 15 is 0 Å². The molecule has 0 radical (unpaired) electrons. The Morgan fingerprint density at radius 2 is 1.76 bits per heavy atom. The van der Waals surface area contributed by atoms with Gasteiger partial charge in [-0.25, -0.2) is 0 Å². The van der Waals surface area contributed by atoms with Crippen LogP contribution < -0.4 is 5.32 Å². The first kappa shape index (κ1) is 14.1. The summed E-state index contributed by atoms with van der Waals surface area (Å²) in [5, 5.41) is 2.88. The highest BCUT2D eigenvalue weighted by Gasteiger charge is 2.04. The van der Waals surface area contributed by atoms with E-state index in [4.69, 9.17) is 0 Å². The Morgan fingerprint density at radius 1 is 1.18 bits per heavy atom. The van der Waals surface area contributed by atoms with Gasteiger partial charge in [0, 0.05) is 10.9 Å². The first-order valence-corrected chi connectivity index (χ1v) is 6.99. The number of benzene rings is 1. The van der Waals surface area contributed by atoms with Crippen molar-refractivity contribution in [2.75, 3.05) is 5.75 Å². The quantitative estimate of drug-likeness (QED) is 0.812. The lowest BCUT2D eigenvalue weighted by atomic mass is 10.0. The standard InChI is InChI=1S/C14H21NOS/c1-10(2)12-5-7-13(8-6-12)17-9-14(16)15-11(3)4/h5-8,10-11H,9H2,1-4H3,(H,15,16). The molecule has 0 aliphatic rings. The molecule has 0 atom stereocenters. The lowest BCUT2D eigenvalue weighted by molar-refractivity contribution is -0.119. The van der Waals surface area contributed by atoms with E-state index in [-0.39, 0.29) is 11.9 Å². The number of rotatable bonds is 5. The van der Waals surface area contributed by atoms with Crippen molar-refractivity contribution in [1.82, 2.24) is 5.32 Å². The summed E-state index contributed by atoms with van der Waals surface area (Å²) in [5.74, 6) is 1.13. The molecule has 0 saturated heterocycles. The molecule has 17 heavy (non-hydrogen) atoms. The number of carbonyl (C=O) groups is 1. The van der Waals surface area contributed by atoms with Gasteiger partial charge in [0.25, 0.3) is 0 Å². The third kappa shape index (κ3) is 5.26. The second-order valence-corrected chi connectivity index (χ2v) is 5.78. The molecule has 0 heterocycles. The van der Waals surface area contributed by atoms with E-state index < -0.39 is 0 Å². The number of carbonyl (C=O) groups excluding carboxylic acids is 1. The molecular weight excluding hydrogens is 230 g/mol. The maximum Gasteiger partial charge on any atom is 0.230 e. The molecular formula is C14H21NOS. The fourth-order valence-corrected chi connectivity index (χ4v) is 2.17. The van der Waals surface area contributed by atoms with E-state index in [0.29, 0.717) is 11.7 Å². The Labute approximate surface area is 108 Å². The average Bonchev–Trinajstić information content (AvgIpc) is 2.26. The van der Waals surface area contributed by atoms with Gasteiger partial charge in [-0.1, -0.05) is 26.0 Å². The molecule has 2 nitrogen and oxygen atoms in total. The third-order valence-electron chi connectivity index (χ3n) is 2.37. The lowest BCUT2D eigenvalue weighted by Gasteiger charge is -2.09. The van der Waals surface area contributed by atoms with Crippen LogP contribution >= 0.6 is 11.8 Å². The van der Waals surface area contributed by atoms with Gasteiger partial charge in [0.1, 0.15) is 0 Å². The Bertz CT molecular complexity index is 357. The van der Waals surface area contributed by atoms with E-state index in [0.717, 1.165) is 4.90 Å². The van der Waals surface area contributed by atoms with Gasteiger partial charge in [-0.2, -0.15) is 0 Å². The van der Waals surface area contributed by atoms with Gasteiger partial charge in [0.2, 0.25) is 5.91 Å². The first-order chi connectivity index (χ1) is 7.99. The van der Waals surface area contributed by atoms with Crippen LogP contribution in [0.2, 0.25) is 0 Å². The van der Waals surface area contributed by atoms with Crippen LogP contribution in [0, 0.1) is 0 Å². The molecule has 1 aromatic carbocycles.